The van der Waals surface area contributed by atoms with E-state index in [2.05, 4.69) is 15.5 Å². The number of hydrogen-bond donors (Lipinski definition) is 2. The van der Waals surface area contributed by atoms with E-state index in [1.54, 1.807) is 13.8 Å². The number of carbonyl (C=O) groups excluding carboxylic acids is 1. The number of benzene rings is 1. The van der Waals surface area contributed by atoms with E-state index in [0.717, 1.165) is 11.3 Å². The van der Waals surface area contributed by atoms with E-state index in [1.165, 1.54) is 0 Å². The monoisotopic (exact) mass is 361 g/mol. The number of nitrogens with one attached hydrogen (secondary N) is 1. The molecule has 26 heavy (non-hydrogen) atoms. The van der Waals surface area contributed by atoms with Gasteiger partial charge in [0.15, 0.2) is 0 Å². The van der Waals surface area contributed by atoms with Gasteiger partial charge in [-0.15, -0.1) is 0 Å². The number of carbonyl (C=O) groups is 2. The third-order valence-electron chi connectivity index (χ3n) is 3.71. The van der Waals surface area contributed by atoms with Gasteiger partial charge in [0.1, 0.15) is 11.8 Å². The minimum absolute atomic E-state index is 0.0708. The molecule has 1 atom stereocenters. The Morgan fingerprint density at radius 2 is 1.96 bits per heavy atom. The minimum atomic E-state index is -1.05. The number of aryl methyl sites for hydroxylation is 1. The molecule has 0 saturated carbocycles. The molecule has 0 aliphatic heterocycles. The predicted molar refractivity (Wildman–Crippen MR) is 93.6 cm³/mol. The molecule has 140 valence electrons. The van der Waals surface area contributed by atoms with Crippen LogP contribution in [0.5, 0.6) is 5.75 Å². The highest BCUT2D eigenvalue weighted by atomic mass is 16.5. The lowest BCUT2D eigenvalue weighted by atomic mass is 10.0. The van der Waals surface area contributed by atoms with Crippen molar-refractivity contribution in [2.24, 2.45) is 5.92 Å². The number of nitrogens with zero attached hydrogens (tertiary/aromatic N) is 2. The van der Waals surface area contributed by atoms with Crippen molar-refractivity contribution in [3.63, 3.8) is 0 Å². The lowest BCUT2D eigenvalue weighted by Gasteiger charge is -2.17. The number of carboxylic acids is 1. The fourth-order valence-corrected chi connectivity index (χ4v) is 2.32. The first-order chi connectivity index (χ1) is 12.4. The van der Waals surface area contributed by atoms with E-state index < -0.39 is 12.0 Å². The molecule has 2 aromatic rings. The molecular weight excluding hydrogens is 338 g/mol. The molecule has 0 unspecified atom stereocenters. The average Bonchev–Trinajstić information content (AvgIpc) is 3.07. The molecule has 8 nitrogen and oxygen atoms in total. The van der Waals surface area contributed by atoms with Crippen molar-refractivity contribution in [1.82, 2.24) is 15.5 Å². The molecule has 1 aromatic heterocycles. The molecule has 8 heteroatoms. The molecule has 0 bridgehead atoms. The van der Waals surface area contributed by atoms with Gasteiger partial charge in [0, 0.05) is 18.4 Å². The largest absolute Gasteiger partial charge is 0.494 e. The Bertz CT molecular complexity index is 740. The quantitative estimate of drug-likeness (QED) is 0.704. The van der Waals surface area contributed by atoms with Crippen LogP contribution in [0.2, 0.25) is 0 Å². The number of amides is 1. The van der Waals surface area contributed by atoms with E-state index in [4.69, 9.17) is 14.4 Å². The van der Waals surface area contributed by atoms with Crippen LogP contribution in [-0.2, 0) is 16.0 Å². The van der Waals surface area contributed by atoms with Crippen LogP contribution >= 0.6 is 0 Å². The van der Waals surface area contributed by atoms with E-state index in [9.17, 15) is 9.59 Å². The zero-order valence-electron chi connectivity index (χ0n) is 15.1. The van der Waals surface area contributed by atoms with Crippen molar-refractivity contribution in [2.75, 3.05) is 6.61 Å². The molecule has 1 aromatic carbocycles. The van der Waals surface area contributed by atoms with Gasteiger partial charge >= 0.3 is 5.97 Å². The molecule has 1 heterocycles. The fraction of sp³-hybridized carbons (Fsp3) is 0.444. The van der Waals surface area contributed by atoms with Gasteiger partial charge in [0.25, 0.3) is 0 Å². The SMILES string of the molecule is CCOc1ccc(-c2noc(CCC(=O)N[C@H](C(=O)O)C(C)C)n2)cc1. The van der Waals surface area contributed by atoms with Gasteiger partial charge in [-0.25, -0.2) is 4.79 Å². The lowest BCUT2D eigenvalue weighted by molar-refractivity contribution is -0.143. The second-order valence-corrected chi connectivity index (χ2v) is 6.10. The zero-order valence-corrected chi connectivity index (χ0v) is 15.1. The Morgan fingerprint density at radius 1 is 1.27 bits per heavy atom. The summed E-state index contributed by atoms with van der Waals surface area (Å²) in [5, 5.41) is 15.5. The molecule has 2 N–H and O–H groups in total. The Kier molecular flexibility index (Phi) is 6.71. The van der Waals surface area contributed by atoms with Gasteiger partial charge in [0.05, 0.1) is 6.61 Å². The smallest absolute Gasteiger partial charge is 0.326 e. The van der Waals surface area contributed by atoms with E-state index in [-0.39, 0.29) is 24.7 Å². The molecule has 1 amide bonds. The Balaban J connectivity index is 1.91. The number of aromatic nitrogens is 2. The normalized spacial score (nSPS) is 12.0. The Labute approximate surface area is 151 Å². The van der Waals surface area contributed by atoms with E-state index in [0.29, 0.717) is 18.3 Å². The maximum Gasteiger partial charge on any atom is 0.326 e. The third-order valence-corrected chi connectivity index (χ3v) is 3.71. The van der Waals surface area contributed by atoms with E-state index in [1.807, 2.05) is 31.2 Å². The Hall–Kier alpha value is -2.90. The second kappa shape index (κ2) is 8.98. The van der Waals surface area contributed by atoms with Crippen LogP contribution in [0.25, 0.3) is 11.4 Å². The summed E-state index contributed by atoms with van der Waals surface area (Å²) >= 11 is 0. The van der Waals surface area contributed by atoms with Crippen molar-refractivity contribution < 1.29 is 24.0 Å². The van der Waals surface area contributed by atoms with Crippen LogP contribution in [0, 0.1) is 5.92 Å². The van der Waals surface area contributed by atoms with Crippen molar-refractivity contribution in [3.8, 4) is 17.1 Å². The Morgan fingerprint density at radius 3 is 2.54 bits per heavy atom. The number of carboxylic acid groups (broad SMARTS) is 1. The summed E-state index contributed by atoms with van der Waals surface area (Å²) in [6.07, 6.45) is 0.307. The molecule has 0 radical (unpaired) electrons. The summed E-state index contributed by atoms with van der Waals surface area (Å²) in [7, 11) is 0. The van der Waals surface area contributed by atoms with Crippen LogP contribution in [-0.4, -0.2) is 39.8 Å². The standard InChI is InChI=1S/C18H23N3O5/c1-4-25-13-7-5-12(6-8-13)17-20-15(26-21-17)10-9-14(22)19-16(11(2)3)18(23)24/h5-8,11,16H,4,9-10H2,1-3H3,(H,19,22)(H,23,24)/t16-/m0/s1. The zero-order chi connectivity index (χ0) is 19.1. The van der Waals surface area contributed by atoms with Crippen molar-refractivity contribution in [2.45, 2.75) is 39.7 Å². The van der Waals surface area contributed by atoms with Gasteiger partial charge in [0.2, 0.25) is 17.6 Å². The predicted octanol–water partition coefficient (Wildman–Crippen LogP) is 2.29. The van der Waals surface area contributed by atoms with Crippen LogP contribution in [0.3, 0.4) is 0 Å². The van der Waals surface area contributed by atoms with Gasteiger partial charge in [-0.3, -0.25) is 4.79 Å². The van der Waals surface area contributed by atoms with Gasteiger partial charge < -0.3 is 19.7 Å². The van der Waals surface area contributed by atoms with Crippen LogP contribution < -0.4 is 10.1 Å². The molecule has 0 spiro atoms. The summed E-state index contributed by atoms with van der Waals surface area (Å²) in [4.78, 5) is 27.3. The molecule has 2 rings (SSSR count). The first-order valence-electron chi connectivity index (χ1n) is 8.48. The van der Waals surface area contributed by atoms with Crippen molar-refractivity contribution in [3.05, 3.63) is 30.2 Å². The molecule has 0 saturated heterocycles. The van der Waals surface area contributed by atoms with Crippen molar-refractivity contribution >= 4 is 11.9 Å². The minimum Gasteiger partial charge on any atom is -0.494 e. The van der Waals surface area contributed by atoms with Crippen LogP contribution in [0.4, 0.5) is 0 Å². The molecule has 0 fully saturated rings. The summed E-state index contributed by atoms with van der Waals surface area (Å²) in [5.41, 5.74) is 0.777. The highest BCUT2D eigenvalue weighted by Crippen LogP contribution is 2.20. The molecular formula is C18H23N3O5. The number of rotatable bonds is 9. The summed E-state index contributed by atoms with van der Waals surface area (Å²) in [6.45, 7) is 5.98. The van der Waals surface area contributed by atoms with Gasteiger partial charge in [-0.2, -0.15) is 4.98 Å². The highest BCUT2D eigenvalue weighted by Gasteiger charge is 2.23. The number of ether oxygens (including phenoxy) is 1. The fourth-order valence-electron chi connectivity index (χ4n) is 2.32. The second-order valence-electron chi connectivity index (χ2n) is 6.10. The lowest BCUT2D eigenvalue weighted by Crippen LogP contribution is -2.44. The van der Waals surface area contributed by atoms with Gasteiger partial charge in [-0.05, 0) is 37.1 Å². The van der Waals surface area contributed by atoms with Crippen molar-refractivity contribution in [1.29, 1.82) is 0 Å². The highest BCUT2D eigenvalue weighted by molar-refractivity contribution is 5.83. The van der Waals surface area contributed by atoms with E-state index >= 15 is 0 Å². The number of aliphatic carboxylic acids is 1. The summed E-state index contributed by atoms with van der Waals surface area (Å²) in [5.74, 6) is -0.119. The maximum absolute atomic E-state index is 11.9. The first kappa shape index (κ1) is 19.4. The third kappa shape index (κ3) is 5.30. The average molecular weight is 361 g/mol. The first-order valence-corrected chi connectivity index (χ1v) is 8.48. The van der Waals surface area contributed by atoms with Gasteiger partial charge in [-0.1, -0.05) is 19.0 Å². The topological polar surface area (TPSA) is 115 Å². The summed E-state index contributed by atoms with van der Waals surface area (Å²) in [6, 6.07) is 6.38. The van der Waals surface area contributed by atoms with Crippen LogP contribution in [0.1, 0.15) is 33.1 Å². The number of hydrogen-bond acceptors (Lipinski definition) is 6. The van der Waals surface area contributed by atoms with Crippen LogP contribution in [0.15, 0.2) is 28.8 Å². The molecule has 0 aliphatic carbocycles. The maximum atomic E-state index is 11.9. The summed E-state index contributed by atoms with van der Waals surface area (Å²) < 4.78 is 10.5. The molecule has 0 aliphatic rings.